The number of amides is 1. The number of anilines is 1. The molecule has 1 aromatic heterocycles. The van der Waals surface area contributed by atoms with Crippen molar-refractivity contribution in [2.24, 2.45) is 0 Å². The molecular weight excluding hydrogens is 236 g/mol. The van der Waals surface area contributed by atoms with E-state index in [9.17, 15) is 9.59 Å². The number of hydrogen-bond acceptors (Lipinski definition) is 4. The lowest BCUT2D eigenvalue weighted by Crippen LogP contribution is -2.16. The van der Waals surface area contributed by atoms with Crippen molar-refractivity contribution in [2.75, 3.05) is 18.5 Å². The van der Waals surface area contributed by atoms with Crippen molar-refractivity contribution >= 4 is 17.7 Å². The van der Waals surface area contributed by atoms with Crippen molar-refractivity contribution in [1.29, 1.82) is 0 Å². The highest BCUT2D eigenvalue weighted by Crippen LogP contribution is 2.20. The molecule has 2 N–H and O–H groups in total. The Labute approximate surface area is 105 Å². The van der Waals surface area contributed by atoms with Crippen LogP contribution in [0.15, 0.2) is 18.9 Å². The summed E-state index contributed by atoms with van der Waals surface area (Å²) in [5.74, 6) is -0.490. The van der Waals surface area contributed by atoms with E-state index in [2.05, 4.69) is 16.9 Å². The van der Waals surface area contributed by atoms with E-state index in [4.69, 9.17) is 9.47 Å². The normalized spacial score (nSPS) is 9.67. The zero-order valence-electron chi connectivity index (χ0n) is 10.4. The molecule has 0 saturated carbocycles. The van der Waals surface area contributed by atoms with Crippen molar-refractivity contribution < 1.29 is 19.1 Å². The van der Waals surface area contributed by atoms with Gasteiger partial charge in [0.15, 0.2) is 0 Å². The number of rotatable bonds is 5. The van der Waals surface area contributed by atoms with Gasteiger partial charge in [-0.05, 0) is 13.8 Å². The fourth-order valence-corrected chi connectivity index (χ4v) is 1.37. The van der Waals surface area contributed by atoms with Gasteiger partial charge >= 0.3 is 12.1 Å². The zero-order valence-corrected chi connectivity index (χ0v) is 10.4. The number of aromatic amines is 1. The van der Waals surface area contributed by atoms with E-state index in [1.54, 1.807) is 13.8 Å². The molecule has 0 aliphatic heterocycles. The van der Waals surface area contributed by atoms with E-state index in [0.717, 1.165) is 0 Å². The van der Waals surface area contributed by atoms with Crippen LogP contribution in [0.1, 0.15) is 23.0 Å². The first-order valence-electron chi connectivity index (χ1n) is 5.49. The molecule has 0 atom stereocenters. The molecule has 6 nitrogen and oxygen atoms in total. The molecule has 0 bridgehead atoms. The predicted octanol–water partition coefficient (Wildman–Crippen LogP) is 2.23. The van der Waals surface area contributed by atoms with Crippen molar-refractivity contribution in [3.05, 3.63) is 30.1 Å². The molecule has 0 unspecified atom stereocenters. The van der Waals surface area contributed by atoms with E-state index in [1.807, 2.05) is 0 Å². The summed E-state index contributed by atoms with van der Waals surface area (Å²) in [6.45, 7) is 7.23. The quantitative estimate of drug-likeness (QED) is 0.622. The molecule has 6 heteroatoms. The standard InChI is InChI=1S/C12H16N2O4/c1-4-6-18-12(16)14-9-7-13-8(3)10(9)11(15)17-5-2/h4,7,13H,1,5-6H2,2-3H3,(H,14,16). The molecule has 0 fully saturated rings. The molecule has 1 heterocycles. The number of aryl methyl sites for hydroxylation is 1. The smallest absolute Gasteiger partial charge is 0.412 e. The SMILES string of the molecule is C=CCOC(=O)Nc1c[nH]c(C)c1C(=O)OCC. The Morgan fingerprint density at radius 2 is 2.22 bits per heavy atom. The van der Waals surface area contributed by atoms with Gasteiger partial charge in [-0.3, -0.25) is 5.32 Å². The van der Waals surface area contributed by atoms with Crippen LogP contribution in [0.5, 0.6) is 0 Å². The molecule has 0 aliphatic rings. The summed E-state index contributed by atoms with van der Waals surface area (Å²) < 4.78 is 9.67. The van der Waals surface area contributed by atoms with Crippen molar-refractivity contribution in [2.45, 2.75) is 13.8 Å². The van der Waals surface area contributed by atoms with Gasteiger partial charge in [-0.25, -0.2) is 9.59 Å². The van der Waals surface area contributed by atoms with E-state index < -0.39 is 12.1 Å². The second kappa shape index (κ2) is 6.48. The van der Waals surface area contributed by atoms with Gasteiger partial charge in [-0.2, -0.15) is 0 Å². The third-order valence-electron chi connectivity index (χ3n) is 2.13. The van der Waals surface area contributed by atoms with Gasteiger partial charge in [0, 0.05) is 11.9 Å². The minimum absolute atomic E-state index is 0.101. The van der Waals surface area contributed by atoms with Crippen LogP contribution < -0.4 is 5.32 Å². The predicted molar refractivity (Wildman–Crippen MR) is 66.7 cm³/mol. The summed E-state index contributed by atoms with van der Waals surface area (Å²) in [4.78, 5) is 25.9. The summed E-state index contributed by atoms with van der Waals surface area (Å²) in [6, 6.07) is 0. The molecule has 18 heavy (non-hydrogen) atoms. The third kappa shape index (κ3) is 3.38. The van der Waals surface area contributed by atoms with Crippen molar-refractivity contribution in [3.63, 3.8) is 0 Å². The third-order valence-corrected chi connectivity index (χ3v) is 2.13. The average molecular weight is 252 g/mol. The van der Waals surface area contributed by atoms with E-state index >= 15 is 0 Å². The maximum atomic E-state index is 11.7. The van der Waals surface area contributed by atoms with Gasteiger partial charge in [-0.1, -0.05) is 12.7 Å². The first-order valence-corrected chi connectivity index (χ1v) is 5.49. The highest BCUT2D eigenvalue weighted by molar-refractivity contribution is 6.00. The molecular formula is C12H16N2O4. The second-order valence-corrected chi connectivity index (χ2v) is 3.43. The number of carbonyl (C=O) groups excluding carboxylic acids is 2. The maximum absolute atomic E-state index is 11.7. The van der Waals surface area contributed by atoms with E-state index in [-0.39, 0.29) is 13.2 Å². The highest BCUT2D eigenvalue weighted by atomic mass is 16.5. The van der Waals surface area contributed by atoms with Crippen LogP contribution in [-0.4, -0.2) is 30.3 Å². The first kappa shape index (κ1) is 13.8. The van der Waals surface area contributed by atoms with Crippen molar-refractivity contribution in [1.82, 2.24) is 4.98 Å². The summed E-state index contributed by atoms with van der Waals surface area (Å²) in [7, 11) is 0. The van der Waals surface area contributed by atoms with Gasteiger partial charge < -0.3 is 14.5 Å². The van der Waals surface area contributed by atoms with Crippen LogP contribution >= 0.6 is 0 Å². The summed E-state index contributed by atoms with van der Waals surface area (Å²) in [5.41, 5.74) is 1.25. The Bertz CT molecular complexity index is 451. The average Bonchev–Trinajstić information content (AvgIpc) is 2.68. The van der Waals surface area contributed by atoms with E-state index in [1.165, 1.54) is 12.3 Å². The minimum atomic E-state index is -0.653. The molecule has 1 rings (SSSR count). The molecule has 0 saturated heterocycles. The molecule has 0 aliphatic carbocycles. The fourth-order valence-electron chi connectivity index (χ4n) is 1.37. The zero-order chi connectivity index (χ0) is 13.5. The molecule has 0 aromatic carbocycles. The monoisotopic (exact) mass is 252 g/mol. The lowest BCUT2D eigenvalue weighted by molar-refractivity contribution is 0.0527. The first-order chi connectivity index (χ1) is 8.60. The fraction of sp³-hybridized carbons (Fsp3) is 0.333. The number of ether oxygens (including phenoxy) is 2. The van der Waals surface area contributed by atoms with Gasteiger partial charge in [0.25, 0.3) is 0 Å². The molecule has 98 valence electrons. The van der Waals surface area contributed by atoms with Crippen LogP contribution in [0, 0.1) is 6.92 Å². The van der Waals surface area contributed by atoms with Crippen LogP contribution in [0.4, 0.5) is 10.5 Å². The Morgan fingerprint density at radius 1 is 1.50 bits per heavy atom. The number of nitrogens with one attached hydrogen (secondary N) is 2. The number of esters is 1. The molecule has 0 radical (unpaired) electrons. The van der Waals surface area contributed by atoms with Crippen LogP contribution in [0.3, 0.4) is 0 Å². The maximum Gasteiger partial charge on any atom is 0.412 e. The Morgan fingerprint density at radius 3 is 2.83 bits per heavy atom. The summed E-state index contributed by atoms with van der Waals surface area (Å²) >= 11 is 0. The van der Waals surface area contributed by atoms with Gasteiger partial charge in [0.05, 0.1) is 12.3 Å². The molecule has 0 spiro atoms. The number of hydrogen-bond donors (Lipinski definition) is 2. The molecule has 1 amide bonds. The summed E-state index contributed by atoms with van der Waals surface area (Å²) in [6.07, 6.45) is 2.31. The number of carbonyl (C=O) groups is 2. The second-order valence-electron chi connectivity index (χ2n) is 3.43. The minimum Gasteiger partial charge on any atom is -0.462 e. The van der Waals surface area contributed by atoms with Gasteiger partial charge in [0.2, 0.25) is 0 Å². The highest BCUT2D eigenvalue weighted by Gasteiger charge is 2.19. The number of aromatic nitrogens is 1. The van der Waals surface area contributed by atoms with Crippen LogP contribution in [0.2, 0.25) is 0 Å². The lowest BCUT2D eigenvalue weighted by atomic mass is 10.2. The van der Waals surface area contributed by atoms with Gasteiger partial charge in [0.1, 0.15) is 12.2 Å². The topological polar surface area (TPSA) is 80.4 Å². The van der Waals surface area contributed by atoms with Crippen LogP contribution in [0.25, 0.3) is 0 Å². The summed E-state index contributed by atoms with van der Waals surface area (Å²) in [5, 5.41) is 2.46. The van der Waals surface area contributed by atoms with Crippen molar-refractivity contribution in [3.8, 4) is 0 Å². The molecule has 1 aromatic rings. The lowest BCUT2D eigenvalue weighted by Gasteiger charge is -2.06. The number of H-pyrrole nitrogens is 1. The van der Waals surface area contributed by atoms with Crippen LogP contribution in [-0.2, 0) is 9.47 Å². The Hall–Kier alpha value is -2.24. The van der Waals surface area contributed by atoms with Gasteiger partial charge in [-0.15, -0.1) is 0 Å². The van der Waals surface area contributed by atoms with E-state index in [0.29, 0.717) is 16.9 Å². The largest absolute Gasteiger partial charge is 0.462 e. The Balaban J connectivity index is 2.80. The Kier molecular flexibility index (Phi) is 4.98.